The quantitative estimate of drug-likeness (QED) is 0.755. The van der Waals surface area contributed by atoms with Gasteiger partial charge < -0.3 is 15.5 Å². The maximum atomic E-state index is 11.4. The second-order valence-electron chi connectivity index (χ2n) is 3.51. The zero-order valence-electron chi connectivity index (χ0n) is 8.89. The van der Waals surface area contributed by atoms with Gasteiger partial charge in [0.1, 0.15) is 5.65 Å². The van der Waals surface area contributed by atoms with E-state index in [0.717, 1.165) is 11.3 Å². The minimum atomic E-state index is -0.0474. The number of carbonyl (C=O) groups is 1. The van der Waals surface area contributed by atoms with Crippen molar-refractivity contribution in [3.8, 4) is 0 Å². The van der Waals surface area contributed by atoms with Gasteiger partial charge in [-0.2, -0.15) is 0 Å². The second-order valence-corrected chi connectivity index (χ2v) is 3.51. The van der Waals surface area contributed by atoms with E-state index in [9.17, 15) is 4.79 Å². The van der Waals surface area contributed by atoms with Crippen LogP contribution in [-0.4, -0.2) is 28.4 Å². The van der Waals surface area contributed by atoms with E-state index in [2.05, 4.69) is 10.3 Å². The first kappa shape index (κ1) is 10.6. The second kappa shape index (κ2) is 4.76. The molecule has 0 spiro atoms. The number of nitrogens with one attached hydrogen (secondary N) is 1. The Morgan fingerprint density at radius 2 is 2.38 bits per heavy atom. The van der Waals surface area contributed by atoms with Gasteiger partial charge in [0.2, 0.25) is 5.91 Å². The molecule has 0 aliphatic heterocycles. The Morgan fingerprint density at radius 1 is 1.50 bits per heavy atom. The Bertz CT molecular complexity index is 458. The SMILES string of the molecule is NCCNC(=O)Cc1cn2ccccc2n1. The topological polar surface area (TPSA) is 72.4 Å². The van der Waals surface area contributed by atoms with Crippen molar-refractivity contribution in [1.29, 1.82) is 0 Å². The van der Waals surface area contributed by atoms with Gasteiger partial charge in [-0.3, -0.25) is 4.79 Å². The summed E-state index contributed by atoms with van der Waals surface area (Å²) in [5.74, 6) is -0.0474. The van der Waals surface area contributed by atoms with E-state index in [1.54, 1.807) is 0 Å². The predicted octanol–water partition coefficient (Wildman–Crippen LogP) is -0.0483. The van der Waals surface area contributed by atoms with Gasteiger partial charge in [-0.1, -0.05) is 6.07 Å². The Kier molecular flexibility index (Phi) is 3.16. The molecule has 0 atom stereocenters. The number of nitrogens with two attached hydrogens (primary N) is 1. The Hall–Kier alpha value is -1.88. The van der Waals surface area contributed by atoms with Crippen LogP contribution in [0.25, 0.3) is 5.65 Å². The summed E-state index contributed by atoms with van der Waals surface area (Å²) in [5, 5.41) is 2.71. The van der Waals surface area contributed by atoms with Crippen molar-refractivity contribution in [3.05, 3.63) is 36.3 Å². The van der Waals surface area contributed by atoms with Gasteiger partial charge in [-0.15, -0.1) is 0 Å². The van der Waals surface area contributed by atoms with Crippen LogP contribution in [0.3, 0.4) is 0 Å². The number of hydrogen-bond acceptors (Lipinski definition) is 3. The highest BCUT2D eigenvalue weighted by atomic mass is 16.1. The van der Waals surface area contributed by atoms with Gasteiger partial charge in [0.15, 0.2) is 0 Å². The Balaban J connectivity index is 2.07. The van der Waals surface area contributed by atoms with Crippen LogP contribution in [0, 0.1) is 0 Å². The molecule has 0 aromatic carbocycles. The first-order valence-electron chi connectivity index (χ1n) is 5.19. The summed E-state index contributed by atoms with van der Waals surface area (Å²) >= 11 is 0. The fourth-order valence-corrected chi connectivity index (χ4v) is 1.51. The van der Waals surface area contributed by atoms with Gasteiger partial charge in [0.05, 0.1) is 12.1 Å². The molecule has 0 aliphatic rings. The zero-order valence-corrected chi connectivity index (χ0v) is 8.89. The van der Waals surface area contributed by atoms with Gasteiger partial charge in [0.25, 0.3) is 0 Å². The van der Waals surface area contributed by atoms with Gasteiger partial charge in [0, 0.05) is 25.5 Å². The largest absolute Gasteiger partial charge is 0.354 e. The van der Waals surface area contributed by atoms with Crippen molar-refractivity contribution in [1.82, 2.24) is 14.7 Å². The molecular weight excluding hydrogens is 204 g/mol. The van der Waals surface area contributed by atoms with E-state index < -0.39 is 0 Å². The molecule has 0 saturated heterocycles. The number of nitrogens with zero attached hydrogens (tertiary/aromatic N) is 2. The number of amides is 1. The molecule has 0 bridgehead atoms. The number of rotatable bonds is 4. The number of aromatic nitrogens is 2. The van der Waals surface area contributed by atoms with Gasteiger partial charge >= 0.3 is 0 Å². The molecule has 0 saturated carbocycles. The van der Waals surface area contributed by atoms with Crippen molar-refractivity contribution in [2.75, 3.05) is 13.1 Å². The van der Waals surface area contributed by atoms with Crippen LogP contribution in [-0.2, 0) is 11.2 Å². The smallest absolute Gasteiger partial charge is 0.226 e. The predicted molar refractivity (Wildman–Crippen MR) is 61.0 cm³/mol. The van der Waals surface area contributed by atoms with Crippen molar-refractivity contribution in [3.63, 3.8) is 0 Å². The summed E-state index contributed by atoms with van der Waals surface area (Å²) in [5.41, 5.74) is 6.91. The summed E-state index contributed by atoms with van der Waals surface area (Å²) in [6, 6.07) is 5.74. The van der Waals surface area contributed by atoms with E-state index in [1.807, 2.05) is 35.0 Å². The highest BCUT2D eigenvalue weighted by Gasteiger charge is 2.06. The van der Waals surface area contributed by atoms with E-state index in [4.69, 9.17) is 5.73 Å². The number of imidazole rings is 1. The molecule has 2 aromatic rings. The number of hydrogen-bond donors (Lipinski definition) is 2. The summed E-state index contributed by atoms with van der Waals surface area (Å²) in [6.45, 7) is 0.961. The lowest BCUT2D eigenvalue weighted by atomic mass is 10.3. The van der Waals surface area contributed by atoms with Crippen LogP contribution < -0.4 is 11.1 Å². The minimum absolute atomic E-state index is 0.0474. The number of pyridine rings is 1. The molecule has 16 heavy (non-hydrogen) atoms. The van der Waals surface area contributed by atoms with Crippen LogP contribution in [0.15, 0.2) is 30.6 Å². The normalized spacial score (nSPS) is 10.6. The van der Waals surface area contributed by atoms with Gasteiger partial charge in [-0.05, 0) is 12.1 Å². The fraction of sp³-hybridized carbons (Fsp3) is 0.273. The molecule has 2 aromatic heterocycles. The van der Waals surface area contributed by atoms with Crippen LogP contribution in [0.4, 0.5) is 0 Å². The monoisotopic (exact) mass is 218 g/mol. The highest BCUT2D eigenvalue weighted by Crippen LogP contribution is 2.04. The summed E-state index contributed by atoms with van der Waals surface area (Å²) in [6.07, 6.45) is 4.06. The number of carbonyl (C=O) groups excluding carboxylic acids is 1. The van der Waals surface area contributed by atoms with E-state index >= 15 is 0 Å². The van der Waals surface area contributed by atoms with E-state index in [0.29, 0.717) is 19.5 Å². The third-order valence-corrected chi connectivity index (χ3v) is 2.22. The molecule has 5 heteroatoms. The zero-order chi connectivity index (χ0) is 11.4. The molecule has 0 aliphatic carbocycles. The lowest BCUT2D eigenvalue weighted by molar-refractivity contribution is -0.120. The first-order chi connectivity index (χ1) is 7.79. The molecule has 3 N–H and O–H groups in total. The van der Waals surface area contributed by atoms with Crippen LogP contribution in [0.2, 0.25) is 0 Å². The van der Waals surface area contributed by atoms with E-state index in [-0.39, 0.29) is 5.91 Å². The molecule has 0 fully saturated rings. The Morgan fingerprint density at radius 3 is 3.12 bits per heavy atom. The highest BCUT2D eigenvalue weighted by molar-refractivity contribution is 5.78. The molecular formula is C11H14N4O. The van der Waals surface area contributed by atoms with Gasteiger partial charge in [-0.25, -0.2) is 4.98 Å². The summed E-state index contributed by atoms with van der Waals surface area (Å²) < 4.78 is 1.89. The average molecular weight is 218 g/mol. The molecule has 1 amide bonds. The van der Waals surface area contributed by atoms with Crippen molar-refractivity contribution in [2.45, 2.75) is 6.42 Å². The van der Waals surface area contributed by atoms with Crippen molar-refractivity contribution >= 4 is 11.6 Å². The maximum absolute atomic E-state index is 11.4. The van der Waals surface area contributed by atoms with Crippen LogP contribution in [0.1, 0.15) is 5.69 Å². The van der Waals surface area contributed by atoms with Crippen molar-refractivity contribution in [2.24, 2.45) is 5.73 Å². The lowest BCUT2D eigenvalue weighted by Gasteiger charge is -2.00. The summed E-state index contributed by atoms with van der Waals surface area (Å²) in [4.78, 5) is 15.8. The maximum Gasteiger partial charge on any atom is 0.226 e. The molecule has 84 valence electrons. The lowest BCUT2D eigenvalue weighted by Crippen LogP contribution is -2.30. The summed E-state index contributed by atoms with van der Waals surface area (Å²) in [7, 11) is 0. The number of fused-ring (bicyclic) bond motifs is 1. The molecule has 2 heterocycles. The molecule has 2 rings (SSSR count). The standard InChI is InChI=1S/C11H14N4O/c12-4-5-13-11(16)7-9-8-15-6-2-1-3-10(15)14-9/h1-3,6,8H,4-5,7,12H2,(H,13,16). The molecule has 5 nitrogen and oxygen atoms in total. The molecule has 0 unspecified atom stereocenters. The fourth-order valence-electron chi connectivity index (χ4n) is 1.51. The first-order valence-corrected chi connectivity index (χ1v) is 5.19. The van der Waals surface area contributed by atoms with Crippen LogP contribution >= 0.6 is 0 Å². The van der Waals surface area contributed by atoms with E-state index in [1.165, 1.54) is 0 Å². The minimum Gasteiger partial charge on any atom is -0.354 e. The third kappa shape index (κ3) is 2.38. The van der Waals surface area contributed by atoms with Crippen LogP contribution in [0.5, 0.6) is 0 Å². The Labute approximate surface area is 93.3 Å². The molecule has 0 radical (unpaired) electrons. The van der Waals surface area contributed by atoms with Crippen molar-refractivity contribution < 1.29 is 4.79 Å². The third-order valence-electron chi connectivity index (χ3n) is 2.22. The average Bonchev–Trinajstić information content (AvgIpc) is 2.68.